The minimum atomic E-state index is 0. The van der Waals surface area contributed by atoms with E-state index >= 15 is 0 Å². The summed E-state index contributed by atoms with van der Waals surface area (Å²) >= 11 is 0. The number of rotatable bonds is 18. The van der Waals surface area contributed by atoms with Crippen LogP contribution in [0.1, 0.15) is 123 Å². The molecule has 0 amide bonds. The van der Waals surface area contributed by atoms with E-state index in [9.17, 15) is 0 Å². The lowest BCUT2D eigenvalue weighted by molar-refractivity contribution is 0.211. The number of benzene rings is 1. The Kier molecular flexibility index (Phi) is 17.9. The molecule has 0 bridgehead atoms. The summed E-state index contributed by atoms with van der Waals surface area (Å²) in [5, 5.41) is 0. The van der Waals surface area contributed by atoms with Gasteiger partial charge < -0.3 is 5.73 Å². The molecule has 0 fully saturated rings. The van der Waals surface area contributed by atoms with Gasteiger partial charge in [0.25, 0.3) is 0 Å². The Morgan fingerprint density at radius 1 is 0.690 bits per heavy atom. The van der Waals surface area contributed by atoms with Crippen LogP contribution in [-0.2, 0) is 6.42 Å². The SMILES string of the molecule is CCCCCCCCCCCCC(Cc1ccccc1)C(N)(CCC)CCC.Cl. The number of hydrogen-bond donors (Lipinski definition) is 1. The van der Waals surface area contributed by atoms with Crippen LogP contribution in [0.4, 0.5) is 0 Å². The van der Waals surface area contributed by atoms with E-state index in [1.807, 2.05) is 0 Å². The Bertz CT molecular complexity index is 453. The van der Waals surface area contributed by atoms with Crippen LogP contribution in [0.15, 0.2) is 30.3 Å². The summed E-state index contributed by atoms with van der Waals surface area (Å²) in [6.45, 7) is 6.87. The van der Waals surface area contributed by atoms with Crippen molar-refractivity contribution in [2.24, 2.45) is 11.7 Å². The van der Waals surface area contributed by atoms with Gasteiger partial charge >= 0.3 is 0 Å². The fraction of sp³-hybridized carbons (Fsp3) is 0.778. The predicted octanol–water partition coefficient (Wildman–Crippen LogP) is 8.88. The quantitative estimate of drug-likeness (QED) is 0.234. The fourth-order valence-electron chi connectivity index (χ4n) is 4.83. The zero-order chi connectivity index (χ0) is 20.5. The average Bonchev–Trinajstić information content (AvgIpc) is 2.69. The summed E-state index contributed by atoms with van der Waals surface area (Å²) in [7, 11) is 0. The van der Waals surface area contributed by atoms with E-state index in [1.54, 1.807) is 0 Å². The third-order valence-electron chi connectivity index (χ3n) is 6.48. The summed E-state index contributed by atoms with van der Waals surface area (Å²) in [5.74, 6) is 0.615. The average molecular weight is 424 g/mol. The lowest BCUT2D eigenvalue weighted by atomic mass is 9.72. The summed E-state index contributed by atoms with van der Waals surface area (Å²) in [5.41, 5.74) is 8.50. The topological polar surface area (TPSA) is 26.0 Å². The highest BCUT2D eigenvalue weighted by Gasteiger charge is 2.32. The Labute approximate surface area is 189 Å². The maximum absolute atomic E-state index is 7.03. The van der Waals surface area contributed by atoms with E-state index in [0.717, 1.165) is 19.3 Å². The van der Waals surface area contributed by atoms with Gasteiger partial charge in [0.2, 0.25) is 0 Å². The number of hydrogen-bond acceptors (Lipinski definition) is 1. The first kappa shape index (κ1) is 28.5. The Balaban J connectivity index is 0.00000784. The minimum Gasteiger partial charge on any atom is -0.325 e. The molecule has 0 aliphatic carbocycles. The molecular weight excluding hydrogens is 374 g/mol. The molecule has 1 atom stereocenters. The monoisotopic (exact) mass is 423 g/mol. The summed E-state index contributed by atoms with van der Waals surface area (Å²) < 4.78 is 0. The molecule has 1 aromatic rings. The van der Waals surface area contributed by atoms with E-state index < -0.39 is 0 Å². The van der Waals surface area contributed by atoms with Crippen LogP contribution in [-0.4, -0.2) is 5.54 Å². The Hall–Kier alpha value is -0.530. The highest BCUT2D eigenvalue weighted by atomic mass is 35.5. The van der Waals surface area contributed by atoms with E-state index in [2.05, 4.69) is 51.1 Å². The second-order valence-electron chi connectivity index (χ2n) is 9.09. The van der Waals surface area contributed by atoms with Crippen LogP contribution in [0.3, 0.4) is 0 Å². The second kappa shape index (κ2) is 18.3. The van der Waals surface area contributed by atoms with Crippen molar-refractivity contribution in [1.82, 2.24) is 0 Å². The summed E-state index contributed by atoms with van der Waals surface area (Å²) in [4.78, 5) is 0. The summed E-state index contributed by atoms with van der Waals surface area (Å²) in [6, 6.07) is 11.0. The number of halogens is 1. The molecule has 1 rings (SSSR count). The first-order valence-electron chi connectivity index (χ1n) is 12.5. The van der Waals surface area contributed by atoms with Crippen LogP contribution in [0.25, 0.3) is 0 Å². The molecule has 1 nitrogen and oxygen atoms in total. The van der Waals surface area contributed by atoms with Crippen molar-refractivity contribution in [2.45, 2.75) is 129 Å². The molecule has 0 spiro atoms. The highest BCUT2D eigenvalue weighted by molar-refractivity contribution is 5.85. The van der Waals surface area contributed by atoms with Crippen molar-refractivity contribution >= 4 is 12.4 Å². The van der Waals surface area contributed by atoms with Crippen LogP contribution >= 0.6 is 12.4 Å². The molecule has 0 aliphatic rings. The smallest absolute Gasteiger partial charge is 0.0185 e. The van der Waals surface area contributed by atoms with Gasteiger partial charge in [-0.3, -0.25) is 0 Å². The lowest BCUT2D eigenvalue weighted by Crippen LogP contribution is -2.48. The maximum atomic E-state index is 7.03. The zero-order valence-corrected chi connectivity index (χ0v) is 20.6. The molecular formula is C27H50ClN. The van der Waals surface area contributed by atoms with Gasteiger partial charge in [0, 0.05) is 5.54 Å². The zero-order valence-electron chi connectivity index (χ0n) is 19.8. The molecule has 1 aromatic carbocycles. The van der Waals surface area contributed by atoms with E-state index in [0.29, 0.717) is 5.92 Å². The molecule has 170 valence electrons. The molecule has 1 unspecified atom stereocenters. The van der Waals surface area contributed by atoms with Crippen LogP contribution in [0, 0.1) is 5.92 Å². The van der Waals surface area contributed by atoms with E-state index in [4.69, 9.17) is 5.73 Å². The van der Waals surface area contributed by atoms with Crippen molar-refractivity contribution in [3.8, 4) is 0 Å². The van der Waals surface area contributed by atoms with Crippen molar-refractivity contribution in [1.29, 1.82) is 0 Å². The predicted molar refractivity (Wildman–Crippen MR) is 134 cm³/mol. The van der Waals surface area contributed by atoms with Gasteiger partial charge in [-0.05, 0) is 37.2 Å². The van der Waals surface area contributed by atoms with Gasteiger partial charge in [-0.2, -0.15) is 0 Å². The molecule has 2 N–H and O–H groups in total. The number of unbranched alkanes of at least 4 members (excludes halogenated alkanes) is 9. The van der Waals surface area contributed by atoms with Crippen molar-refractivity contribution in [3.63, 3.8) is 0 Å². The van der Waals surface area contributed by atoms with Crippen molar-refractivity contribution in [3.05, 3.63) is 35.9 Å². The van der Waals surface area contributed by atoms with Gasteiger partial charge in [0.05, 0.1) is 0 Å². The molecule has 29 heavy (non-hydrogen) atoms. The molecule has 0 aromatic heterocycles. The standard InChI is InChI=1S/C27H49N.ClH/c1-4-7-8-9-10-11-12-13-14-18-21-26(24-25-19-16-15-17-20-25)27(28,22-5-2)23-6-3;/h15-17,19-20,26H,4-14,18,21-24,28H2,1-3H3;1H. The van der Waals surface area contributed by atoms with Crippen LogP contribution < -0.4 is 5.73 Å². The molecule has 0 radical (unpaired) electrons. The van der Waals surface area contributed by atoms with Crippen LogP contribution in [0.2, 0.25) is 0 Å². The normalized spacial score (nSPS) is 12.6. The minimum absolute atomic E-state index is 0. The fourth-order valence-corrected chi connectivity index (χ4v) is 4.83. The van der Waals surface area contributed by atoms with Gasteiger partial charge in [-0.25, -0.2) is 0 Å². The second-order valence-corrected chi connectivity index (χ2v) is 9.09. The molecule has 0 heterocycles. The Morgan fingerprint density at radius 3 is 1.66 bits per heavy atom. The van der Waals surface area contributed by atoms with Gasteiger partial charge in [0.1, 0.15) is 0 Å². The first-order chi connectivity index (χ1) is 13.7. The maximum Gasteiger partial charge on any atom is 0.0185 e. The largest absolute Gasteiger partial charge is 0.325 e. The molecule has 0 saturated carbocycles. The first-order valence-corrected chi connectivity index (χ1v) is 12.5. The summed E-state index contributed by atoms with van der Waals surface area (Å²) in [6.07, 6.45) is 21.2. The van der Waals surface area contributed by atoms with Crippen molar-refractivity contribution in [2.75, 3.05) is 0 Å². The Morgan fingerprint density at radius 2 is 1.17 bits per heavy atom. The molecule has 2 heteroatoms. The lowest BCUT2D eigenvalue weighted by Gasteiger charge is -2.38. The third-order valence-corrected chi connectivity index (χ3v) is 6.48. The molecule has 0 saturated heterocycles. The van der Waals surface area contributed by atoms with Gasteiger partial charge in [-0.15, -0.1) is 12.4 Å². The highest BCUT2D eigenvalue weighted by Crippen LogP contribution is 2.33. The van der Waals surface area contributed by atoms with Crippen molar-refractivity contribution < 1.29 is 0 Å². The molecule has 0 aliphatic heterocycles. The van der Waals surface area contributed by atoms with Gasteiger partial charge in [-0.1, -0.05) is 128 Å². The van der Waals surface area contributed by atoms with E-state index in [1.165, 1.54) is 89.0 Å². The van der Waals surface area contributed by atoms with E-state index in [-0.39, 0.29) is 17.9 Å². The third kappa shape index (κ3) is 12.7. The van der Waals surface area contributed by atoms with Gasteiger partial charge in [0.15, 0.2) is 0 Å². The number of nitrogens with two attached hydrogens (primary N) is 1. The van der Waals surface area contributed by atoms with Crippen LogP contribution in [0.5, 0.6) is 0 Å².